The smallest absolute Gasteiger partial charge is 0.332 e. The molecular weight excluding hydrogens is 1370 g/mol. The molecule has 532 valence electrons. The number of aromatic nitrogens is 4. The number of thiophene rings is 2. The zero-order valence-corrected chi connectivity index (χ0v) is 63.6. The van der Waals surface area contributed by atoms with Crippen molar-refractivity contribution in [2.75, 3.05) is 0 Å². The average molecular weight is 1460 g/mol. The van der Waals surface area contributed by atoms with Crippen LogP contribution in [0.25, 0.3) is 22.5 Å². The first-order chi connectivity index (χ1) is 46.6. The van der Waals surface area contributed by atoms with Crippen molar-refractivity contribution < 1.29 is 52.8 Å². The molecule has 0 aliphatic carbocycles. The number of nitrogens with one attached hydrogen (secondary N) is 4. The van der Waals surface area contributed by atoms with Crippen molar-refractivity contribution in [2.24, 2.45) is 0 Å². The fraction of sp³-hybridized carbons (Fsp3) is 0.410. The summed E-state index contributed by atoms with van der Waals surface area (Å²) >= 11 is 6.10. The molecule has 22 heteroatoms. The number of carbonyl (C=O) groups excluding carboxylic acids is 6. The molecule has 4 amide bonds. The molecule has 0 aliphatic heterocycles. The van der Waals surface area contributed by atoms with Gasteiger partial charge in [-0.3, -0.25) is 19.2 Å². The number of carbonyl (C=O) groups is 6. The molecule has 4 heterocycles. The van der Waals surface area contributed by atoms with Crippen molar-refractivity contribution in [3.63, 3.8) is 0 Å². The third kappa shape index (κ3) is 24.4. The van der Waals surface area contributed by atoms with Crippen molar-refractivity contribution in [2.45, 2.75) is 207 Å². The Morgan fingerprint density at radius 3 is 1.20 bits per heavy atom. The summed E-state index contributed by atoms with van der Waals surface area (Å²) in [7, 11) is 0. The van der Waals surface area contributed by atoms with Gasteiger partial charge in [0.2, 0.25) is 11.8 Å². The van der Waals surface area contributed by atoms with E-state index >= 15 is 0 Å². The van der Waals surface area contributed by atoms with E-state index in [2.05, 4.69) is 98.7 Å². The van der Waals surface area contributed by atoms with Gasteiger partial charge in [0.15, 0.2) is 17.9 Å². The third-order valence-corrected chi connectivity index (χ3v) is 18.1. The number of hydrogen-bond donors (Lipinski definition) is 5. The molecule has 0 fully saturated rings. The first kappa shape index (κ1) is 78.8. The Balaban J connectivity index is 0.000000281. The molecule has 4 aromatic carbocycles. The fourth-order valence-corrected chi connectivity index (χ4v) is 12.1. The standard InChI is InChI=1S/C39H47BrN4O5S.C39H48N4O6S/c1-37(2,3)30-20-19-29(50-30)35(46)43-28(21-24-15-17-26(18-16-24)33-41-22-27(40)23-42-33)34(45)44-31(36(47)49-39(7,8)9)32(48-38(4,5)6)25-13-11-10-12-14-25;1-37(2,3)30-20-19-29(50-30)35(46)42-28(21-31-40-22-26(23-41-31)24-15-17-27(44)18-16-24)34(45)43-32(36(47)49-39(7,8)9)33(48-38(4,5)6)25-13-11-10-12-14-25/h10-20,22-23,28,31-32H,21H2,1-9H3,(H,43,46)(H,44,45);10-20,22-23,28,32-33,44H,21H2,1-9H3,(H,42,46)(H,43,45)/t28-,31?,32?;28-,32?,33?/m00/s1. The molecule has 0 spiro atoms. The second-order valence-corrected chi connectivity index (χ2v) is 33.4. The number of phenols is 1. The number of aromatic hydroxyl groups is 1. The van der Waals surface area contributed by atoms with Crippen LogP contribution in [0.4, 0.5) is 0 Å². The summed E-state index contributed by atoms with van der Waals surface area (Å²) in [5, 5.41) is 21.3. The van der Waals surface area contributed by atoms with Gasteiger partial charge in [0, 0.05) is 58.5 Å². The summed E-state index contributed by atoms with van der Waals surface area (Å²) in [6, 6.07) is 35.2. The lowest BCUT2D eigenvalue weighted by Crippen LogP contribution is -2.56. The lowest BCUT2D eigenvalue weighted by atomic mass is 9.95. The highest BCUT2D eigenvalue weighted by atomic mass is 79.9. The summed E-state index contributed by atoms with van der Waals surface area (Å²) in [5.41, 5.74) is 1.10. The molecule has 6 atom stereocenters. The normalized spacial score (nSPS) is 13.9. The number of nitrogens with zero attached hydrogens (tertiary/aromatic N) is 4. The number of benzene rings is 4. The first-order valence-electron chi connectivity index (χ1n) is 33.1. The number of rotatable bonds is 22. The monoisotopic (exact) mass is 1460 g/mol. The van der Waals surface area contributed by atoms with Gasteiger partial charge in [0.1, 0.15) is 47.1 Å². The summed E-state index contributed by atoms with van der Waals surface area (Å²) in [6.07, 6.45) is 4.86. The van der Waals surface area contributed by atoms with Crippen LogP contribution in [-0.2, 0) is 61.8 Å². The highest BCUT2D eigenvalue weighted by Gasteiger charge is 2.42. The Morgan fingerprint density at radius 1 is 0.440 bits per heavy atom. The molecule has 100 heavy (non-hydrogen) atoms. The Labute approximate surface area is 604 Å². The van der Waals surface area contributed by atoms with Crippen LogP contribution in [0, 0.1) is 0 Å². The van der Waals surface area contributed by atoms with Gasteiger partial charge in [-0.2, -0.15) is 0 Å². The van der Waals surface area contributed by atoms with Crippen molar-refractivity contribution >= 4 is 74.2 Å². The minimum atomic E-state index is -1.27. The van der Waals surface area contributed by atoms with Gasteiger partial charge < -0.3 is 45.3 Å². The van der Waals surface area contributed by atoms with E-state index in [1.807, 2.05) is 139 Å². The predicted molar refractivity (Wildman–Crippen MR) is 396 cm³/mol. The minimum Gasteiger partial charge on any atom is -0.508 e. The van der Waals surface area contributed by atoms with E-state index in [1.54, 1.807) is 103 Å². The maximum absolute atomic E-state index is 14.4. The maximum atomic E-state index is 14.4. The maximum Gasteiger partial charge on any atom is 0.332 e. The molecule has 0 bridgehead atoms. The van der Waals surface area contributed by atoms with Crippen LogP contribution in [0.2, 0.25) is 0 Å². The summed E-state index contributed by atoms with van der Waals surface area (Å²) in [5.74, 6) is -2.35. The molecule has 4 unspecified atom stereocenters. The van der Waals surface area contributed by atoms with Gasteiger partial charge in [-0.25, -0.2) is 29.5 Å². The van der Waals surface area contributed by atoms with E-state index in [0.717, 1.165) is 30.9 Å². The number of phenolic OH excluding ortho intramolecular Hbond substituents is 1. The Hall–Kier alpha value is -8.54. The third-order valence-electron chi connectivity index (χ3n) is 14.7. The molecule has 19 nitrogen and oxygen atoms in total. The lowest BCUT2D eigenvalue weighted by Gasteiger charge is -2.35. The van der Waals surface area contributed by atoms with E-state index in [0.29, 0.717) is 38.1 Å². The molecule has 5 N–H and O–H groups in total. The zero-order valence-electron chi connectivity index (χ0n) is 60.4. The van der Waals surface area contributed by atoms with E-state index < -0.39 is 88.4 Å². The van der Waals surface area contributed by atoms with E-state index in [9.17, 15) is 33.9 Å². The van der Waals surface area contributed by atoms with Gasteiger partial charge in [-0.1, -0.05) is 139 Å². The second-order valence-electron chi connectivity index (χ2n) is 30.3. The number of amides is 4. The van der Waals surface area contributed by atoms with Crippen LogP contribution in [0.5, 0.6) is 5.75 Å². The number of esters is 2. The number of hydrogen-bond acceptors (Lipinski definition) is 17. The summed E-state index contributed by atoms with van der Waals surface area (Å²) in [6.45, 7) is 34.3. The van der Waals surface area contributed by atoms with Crippen molar-refractivity contribution in [3.05, 3.63) is 205 Å². The van der Waals surface area contributed by atoms with Gasteiger partial charge >= 0.3 is 11.9 Å². The molecule has 0 radical (unpaired) electrons. The summed E-state index contributed by atoms with van der Waals surface area (Å²) < 4.78 is 25.3. The van der Waals surface area contributed by atoms with E-state index in [4.69, 9.17) is 18.9 Å². The molecule has 4 aromatic heterocycles. The Kier molecular flexibility index (Phi) is 26.2. The zero-order chi connectivity index (χ0) is 73.7. The van der Waals surface area contributed by atoms with Crippen molar-refractivity contribution in [1.29, 1.82) is 0 Å². The second kappa shape index (κ2) is 33.3. The molecular formula is C78H95BrN8O11S2. The highest BCUT2D eigenvalue weighted by molar-refractivity contribution is 9.10. The first-order valence-corrected chi connectivity index (χ1v) is 35.5. The number of halogens is 1. The Bertz CT molecular complexity index is 3770. The van der Waals surface area contributed by atoms with Crippen LogP contribution in [0.1, 0.15) is 188 Å². The molecule has 0 aliphatic rings. The van der Waals surface area contributed by atoms with Crippen LogP contribution >= 0.6 is 38.6 Å². The lowest BCUT2D eigenvalue weighted by molar-refractivity contribution is -0.168. The van der Waals surface area contributed by atoms with Gasteiger partial charge in [0.25, 0.3) is 11.8 Å². The molecule has 0 saturated carbocycles. The summed E-state index contributed by atoms with van der Waals surface area (Å²) in [4.78, 5) is 104. The van der Waals surface area contributed by atoms with Crippen molar-refractivity contribution in [1.82, 2.24) is 41.2 Å². The Morgan fingerprint density at radius 2 is 0.830 bits per heavy atom. The van der Waals surface area contributed by atoms with Crippen LogP contribution in [0.3, 0.4) is 0 Å². The van der Waals surface area contributed by atoms with Gasteiger partial charge in [-0.05, 0) is 168 Å². The van der Waals surface area contributed by atoms with Crippen LogP contribution in [0.15, 0.2) is 163 Å². The van der Waals surface area contributed by atoms with Crippen molar-refractivity contribution in [3.8, 4) is 28.3 Å². The average Bonchev–Trinajstić information content (AvgIpc) is 1.11. The topological polar surface area (TPSA) is 259 Å². The van der Waals surface area contributed by atoms with Crippen LogP contribution < -0.4 is 21.3 Å². The van der Waals surface area contributed by atoms with E-state index in [1.165, 1.54) is 22.7 Å². The molecule has 8 rings (SSSR count). The highest BCUT2D eigenvalue weighted by Crippen LogP contribution is 2.34. The molecule has 0 saturated heterocycles. The largest absolute Gasteiger partial charge is 0.508 e. The quantitative estimate of drug-likeness (QED) is 0.0395. The van der Waals surface area contributed by atoms with Gasteiger partial charge in [0.05, 0.1) is 25.4 Å². The van der Waals surface area contributed by atoms with Gasteiger partial charge in [-0.15, -0.1) is 22.7 Å². The van der Waals surface area contributed by atoms with E-state index in [-0.39, 0.29) is 35.3 Å². The minimum absolute atomic E-state index is 0.0674. The fourth-order valence-electron chi connectivity index (χ4n) is 9.99. The molecule has 8 aromatic rings. The number of ether oxygens (including phenoxy) is 4. The van der Waals surface area contributed by atoms with Crippen LogP contribution in [-0.4, -0.2) is 107 Å². The predicted octanol–water partition coefficient (Wildman–Crippen LogP) is 14.9. The SMILES string of the molecule is CC(C)(C)OC(=O)C(NC(=O)[C@H](Cc1ccc(-c2ncc(Br)cn2)cc1)NC(=O)c1ccc(C(C)(C)C)s1)C(OC(C)(C)C)c1ccccc1.CC(C)(C)OC(=O)C(NC(=O)[C@H](Cc1ncc(-c2ccc(O)cc2)cn1)NC(=O)c1ccc(C(C)(C)C)s1)C(OC(C)(C)C)c1ccccc1.